The van der Waals surface area contributed by atoms with Crippen LogP contribution in [-0.4, -0.2) is 35.9 Å². The van der Waals surface area contributed by atoms with Crippen molar-refractivity contribution in [1.82, 2.24) is 9.29 Å². The molecule has 1 aromatic heterocycles. The van der Waals surface area contributed by atoms with Crippen molar-refractivity contribution in [3.63, 3.8) is 0 Å². The molecule has 0 unspecified atom stereocenters. The van der Waals surface area contributed by atoms with Gasteiger partial charge in [-0.2, -0.15) is 4.31 Å². The third-order valence-corrected chi connectivity index (χ3v) is 5.64. The fraction of sp³-hybridized carbons (Fsp3) is 0.250. The third kappa shape index (κ3) is 4.50. The number of nitrogens with one attached hydrogen (secondary N) is 2. The van der Waals surface area contributed by atoms with Gasteiger partial charge in [-0.1, -0.05) is 13.8 Å². The maximum Gasteiger partial charge on any atom is 0.243 e. The summed E-state index contributed by atoms with van der Waals surface area (Å²) < 4.78 is 26.3. The van der Waals surface area contributed by atoms with Gasteiger partial charge in [-0.15, -0.1) is 0 Å². The number of pyridine rings is 1. The molecule has 0 saturated heterocycles. The lowest BCUT2D eigenvalue weighted by molar-refractivity contribution is 0.445. The molecule has 1 aromatic carbocycles. The molecule has 0 saturated carbocycles. The van der Waals surface area contributed by atoms with E-state index in [0.717, 1.165) is 5.69 Å². The number of nitrogens with zero attached hydrogens (tertiary/aromatic N) is 2. The molecular formula is C16H20N4O2S2. The van der Waals surface area contributed by atoms with Crippen LogP contribution >= 0.6 is 12.2 Å². The van der Waals surface area contributed by atoms with Crippen LogP contribution < -0.4 is 10.6 Å². The van der Waals surface area contributed by atoms with E-state index in [1.54, 1.807) is 42.7 Å². The minimum Gasteiger partial charge on any atom is -0.332 e. The summed E-state index contributed by atoms with van der Waals surface area (Å²) >= 11 is 5.23. The van der Waals surface area contributed by atoms with Crippen LogP contribution in [0.25, 0.3) is 0 Å². The second-order valence-corrected chi connectivity index (χ2v) is 7.28. The van der Waals surface area contributed by atoms with Crippen LogP contribution in [-0.2, 0) is 10.0 Å². The fourth-order valence-corrected chi connectivity index (χ4v) is 3.85. The van der Waals surface area contributed by atoms with Crippen LogP contribution in [0.3, 0.4) is 0 Å². The Kier molecular flexibility index (Phi) is 6.24. The van der Waals surface area contributed by atoms with Crippen molar-refractivity contribution in [2.75, 3.05) is 23.7 Å². The number of hydrogen-bond donors (Lipinski definition) is 2. The van der Waals surface area contributed by atoms with Crippen LogP contribution in [0.2, 0.25) is 0 Å². The second kappa shape index (κ2) is 8.18. The summed E-state index contributed by atoms with van der Waals surface area (Å²) in [6, 6.07) is 10.2. The standard InChI is InChI=1S/C16H20N4O2S2/c1-3-20(4-2)24(21,22)15-9-7-13(8-10-15)18-16(23)19-14-6-5-11-17-12-14/h5-12H,3-4H2,1-2H3,(H2,18,19,23). The quantitative estimate of drug-likeness (QED) is 0.768. The summed E-state index contributed by atoms with van der Waals surface area (Å²) in [5, 5.41) is 6.42. The first-order chi connectivity index (χ1) is 11.5. The molecular weight excluding hydrogens is 344 g/mol. The van der Waals surface area contributed by atoms with Gasteiger partial charge in [-0.05, 0) is 48.6 Å². The van der Waals surface area contributed by atoms with Gasteiger partial charge < -0.3 is 10.6 Å². The predicted octanol–water partition coefficient (Wildman–Crippen LogP) is 2.92. The molecule has 6 nitrogen and oxygen atoms in total. The van der Waals surface area contributed by atoms with Gasteiger partial charge in [-0.25, -0.2) is 8.42 Å². The summed E-state index contributed by atoms with van der Waals surface area (Å²) in [7, 11) is -3.45. The highest BCUT2D eigenvalue weighted by Gasteiger charge is 2.21. The summed E-state index contributed by atoms with van der Waals surface area (Å²) in [6.07, 6.45) is 3.34. The summed E-state index contributed by atoms with van der Waals surface area (Å²) in [6.45, 7) is 4.52. The van der Waals surface area contributed by atoms with E-state index in [4.69, 9.17) is 12.2 Å². The van der Waals surface area contributed by atoms with Crippen LogP contribution in [0, 0.1) is 0 Å². The molecule has 8 heteroatoms. The topological polar surface area (TPSA) is 74.3 Å². The molecule has 0 fully saturated rings. The number of anilines is 2. The van der Waals surface area contributed by atoms with Crippen molar-refractivity contribution < 1.29 is 8.42 Å². The van der Waals surface area contributed by atoms with Crippen LogP contribution in [0.4, 0.5) is 11.4 Å². The maximum atomic E-state index is 12.4. The molecule has 2 N–H and O–H groups in total. The molecule has 0 bridgehead atoms. The molecule has 0 spiro atoms. The first-order valence-electron chi connectivity index (χ1n) is 7.55. The monoisotopic (exact) mass is 364 g/mol. The lowest BCUT2D eigenvalue weighted by Crippen LogP contribution is -2.30. The van der Waals surface area contributed by atoms with Crippen molar-refractivity contribution in [3.8, 4) is 0 Å². The smallest absolute Gasteiger partial charge is 0.243 e. The van der Waals surface area contributed by atoms with E-state index in [1.807, 2.05) is 19.9 Å². The number of thiocarbonyl (C=S) groups is 1. The number of benzene rings is 1. The third-order valence-electron chi connectivity index (χ3n) is 3.37. The zero-order valence-electron chi connectivity index (χ0n) is 13.6. The average Bonchev–Trinajstić information content (AvgIpc) is 2.57. The van der Waals surface area contributed by atoms with E-state index in [1.165, 1.54) is 4.31 Å². The Labute approximate surface area is 148 Å². The largest absolute Gasteiger partial charge is 0.332 e. The van der Waals surface area contributed by atoms with Gasteiger partial charge in [0.05, 0.1) is 16.8 Å². The zero-order chi connectivity index (χ0) is 17.6. The van der Waals surface area contributed by atoms with Gasteiger partial charge in [-0.3, -0.25) is 4.98 Å². The molecule has 1 heterocycles. The molecule has 0 amide bonds. The van der Waals surface area contributed by atoms with Gasteiger partial charge in [0, 0.05) is 25.0 Å². The molecule has 0 aliphatic rings. The second-order valence-electron chi connectivity index (χ2n) is 4.93. The minimum absolute atomic E-state index is 0.267. The van der Waals surface area contributed by atoms with Crippen LogP contribution in [0.15, 0.2) is 53.7 Å². The highest BCUT2D eigenvalue weighted by Crippen LogP contribution is 2.18. The average molecular weight is 364 g/mol. The van der Waals surface area contributed by atoms with Gasteiger partial charge in [0.2, 0.25) is 10.0 Å². The molecule has 0 radical (unpaired) electrons. The minimum atomic E-state index is -3.45. The molecule has 128 valence electrons. The van der Waals surface area contributed by atoms with Gasteiger partial charge in [0.1, 0.15) is 0 Å². The first-order valence-corrected chi connectivity index (χ1v) is 9.40. The molecule has 0 aliphatic carbocycles. The molecule has 2 rings (SSSR count). The van der Waals surface area contributed by atoms with Crippen molar-refractivity contribution in [2.24, 2.45) is 0 Å². The van der Waals surface area contributed by atoms with E-state index >= 15 is 0 Å². The van der Waals surface area contributed by atoms with Gasteiger partial charge in [0.15, 0.2) is 5.11 Å². The number of rotatable bonds is 6. The molecule has 24 heavy (non-hydrogen) atoms. The highest BCUT2D eigenvalue weighted by molar-refractivity contribution is 7.89. The number of sulfonamides is 1. The Morgan fingerprint density at radius 2 is 1.71 bits per heavy atom. The highest BCUT2D eigenvalue weighted by atomic mass is 32.2. The Morgan fingerprint density at radius 1 is 1.08 bits per heavy atom. The first kappa shape index (κ1) is 18.3. The van der Waals surface area contributed by atoms with Crippen molar-refractivity contribution in [3.05, 3.63) is 48.8 Å². The fourth-order valence-electron chi connectivity index (χ4n) is 2.15. The van der Waals surface area contributed by atoms with E-state index in [-0.39, 0.29) is 4.90 Å². The molecule has 0 atom stereocenters. The molecule has 0 aliphatic heterocycles. The van der Waals surface area contributed by atoms with E-state index in [9.17, 15) is 8.42 Å². The number of hydrogen-bond acceptors (Lipinski definition) is 4. The van der Waals surface area contributed by atoms with Crippen molar-refractivity contribution in [1.29, 1.82) is 0 Å². The van der Waals surface area contributed by atoms with E-state index < -0.39 is 10.0 Å². The Balaban J connectivity index is 2.05. The summed E-state index contributed by atoms with van der Waals surface area (Å²) in [5.41, 5.74) is 1.48. The van der Waals surface area contributed by atoms with Gasteiger partial charge in [0.25, 0.3) is 0 Å². The van der Waals surface area contributed by atoms with Gasteiger partial charge >= 0.3 is 0 Å². The Morgan fingerprint density at radius 3 is 2.25 bits per heavy atom. The Hall–Kier alpha value is -2.03. The summed E-state index contributed by atoms with van der Waals surface area (Å²) in [4.78, 5) is 4.26. The Bertz CT molecular complexity index is 773. The normalized spacial score (nSPS) is 11.3. The predicted molar refractivity (Wildman–Crippen MR) is 101 cm³/mol. The summed E-state index contributed by atoms with van der Waals surface area (Å²) in [5.74, 6) is 0. The van der Waals surface area contributed by atoms with Crippen molar-refractivity contribution >= 4 is 38.7 Å². The lowest BCUT2D eigenvalue weighted by atomic mass is 10.3. The van der Waals surface area contributed by atoms with Crippen LogP contribution in [0.5, 0.6) is 0 Å². The SMILES string of the molecule is CCN(CC)S(=O)(=O)c1ccc(NC(=S)Nc2cccnc2)cc1. The van der Waals surface area contributed by atoms with Crippen LogP contribution in [0.1, 0.15) is 13.8 Å². The zero-order valence-corrected chi connectivity index (χ0v) is 15.2. The van der Waals surface area contributed by atoms with Crippen molar-refractivity contribution in [2.45, 2.75) is 18.7 Å². The van der Waals surface area contributed by atoms with E-state index in [2.05, 4.69) is 15.6 Å². The lowest BCUT2D eigenvalue weighted by Gasteiger charge is -2.18. The number of aromatic nitrogens is 1. The molecule has 2 aromatic rings. The maximum absolute atomic E-state index is 12.4. The van der Waals surface area contributed by atoms with E-state index in [0.29, 0.717) is 23.9 Å².